The van der Waals surface area contributed by atoms with Crippen molar-refractivity contribution in [2.75, 3.05) is 6.54 Å². The van der Waals surface area contributed by atoms with Gasteiger partial charge in [0.15, 0.2) is 0 Å². The fourth-order valence-corrected chi connectivity index (χ4v) is 2.28. The van der Waals surface area contributed by atoms with Gasteiger partial charge >= 0.3 is 0 Å². The van der Waals surface area contributed by atoms with Crippen LogP contribution >= 0.6 is 0 Å². The third-order valence-electron chi connectivity index (χ3n) is 4.31. The van der Waals surface area contributed by atoms with E-state index in [1.54, 1.807) is 0 Å². The van der Waals surface area contributed by atoms with Crippen LogP contribution in [0.25, 0.3) is 0 Å². The Morgan fingerprint density at radius 3 is 2.05 bits per heavy atom. The van der Waals surface area contributed by atoms with E-state index >= 15 is 0 Å². The quantitative estimate of drug-likeness (QED) is 0.762. The van der Waals surface area contributed by atoms with Crippen molar-refractivity contribution in [2.24, 2.45) is 11.3 Å². The van der Waals surface area contributed by atoms with Crippen LogP contribution in [-0.4, -0.2) is 6.54 Å². The van der Waals surface area contributed by atoms with E-state index in [0.717, 1.165) is 13.0 Å². The van der Waals surface area contributed by atoms with Gasteiger partial charge in [-0.15, -0.1) is 0 Å². The van der Waals surface area contributed by atoms with Crippen molar-refractivity contribution in [3.05, 3.63) is 35.4 Å². The molecule has 2 unspecified atom stereocenters. The molecule has 0 aliphatic heterocycles. The summed E-state index contributed by atoms with van der Waals surface area (Å²) in [5.74, 6) is 0.697. The highest BCUT2D eigenvalue weighted by Gasteiger charge is 2.23. The summed E-state index contributed by atoms with van der Waals surface area (Å²) in [5, 5.41) is 3.64. The average molecular weight is 261 g/mol. The van der Waals surface area contributed by atoms with Crippen LogP contribution in [0.4, 0.5) is 0 Å². The Bertz CT molecular complexity index is 358. The molecule has 0 radical (unpaired) electrons. The van der Waals surface area contributed by atoms with Gasteiger partial charge in [-0.1, -0.05) is 65.8 Å². The summed E-state index contributed by atoms with van der Waals surface area (Å²) >= 11 is 0. The van der Waals surface area contributed by atoms with Crippen LogP contribution in [0.5, 0.6) is 0 Å². The zero-order chi connectivity index (χ0) is 14.5. The summed E-state index contributed by atoms with van der Waals surface area (Å²) in [7, 11) is 0. The lowest BCUT2D eigenvalue weighted by Crippen LogP contribution is -2.27. The number of nitrogens with one attached hydrogen (secondary N) is 1. The third kappa shape index (κ3) is 4.99. The van der Waals surface area contributed by atoms with Crippen molar-refractivity contribution >= 4 is 0 Å². The normalized spacial score (nSPS) is 15.3. The summed E-state index contributed by atoms with van der Waals surface area (Å²) in [6.07, 6.45) is 2.31. The Morgan fingerprint density at radius 1 is 1.05 bits per heavy atom. The monoisotopic (exact) mass is 261 g/mol. The maximum atomic E-state index is 3.64. The molecule has 1 heteroatoms. The summed E-state index contributed by atoms with van der Waals surface area (Å²) in [4.78, 5) is 0. The van der Waals surface area contributed by atoms with Gasteiger partial charge in [0.1, 0.15) is 0 Å². The second-order valence-corrected chi connectivity index (χ2v) is 6.71. The zero-order valence-electron chi connectivity index (χ0n) is 13.6. The number of hydrogen-bond acceptors (Lipinski definition) is 1. The Morgan fingerprint density at radius 2 is 1.63 bits per heavy atom. The van der Waals surface area contributed by atoms with E-state index in [2.05, 4.69) is 71.1 Å². The average Bonchev–Trinajstić information content (AvgIpc) is 2.37. The molecule has 0 amide bonds. The van der Waals surface area contributed by atoms with Gasteiger partial charge in [0.25, 0.3) is 0 Å². The molecular weight excluding hydrogens is 230 g/mol. The smallest absolute Gasteiger partial charge is 0.0322 e. The number of rotatable bonds is 6. The molecule has 1 nitrogen and oxygen atoms in total. The first-order valence-corrected chi connectivity index (χ1v) is 7.70. The summed E-state index contributed by atoms with van der Waals surface area (Å²) < 4.78 is 0. The molecule has 0 fully saturated rings. The molecule has 0 saturated heterocycles. The van der Waals surface area contributed by atoms with Crippen LogP contribution in [0.3, 0.4) is 0 Å². The molecule has 108 valence electrons. The largest absolute Gasteiger partial charge is 0.310 e. The van der Waals surface area contributed by atoms with Gasteiger partial charge in [0, 0.05) is 6.04 Å². The van der Waals surface area contributed by atoms with E-state index in [4.69, 9.17) is 0 Å². The maximum Gasteiger partial charge on any atom is 0.0322 e. The standard InChI is InChI=1S/C18H31N/c1-7-15-9-11-16(12-10-15)17(19-8-2)13-14(3)18(4,5)6/h9-12,14,17,19H,7-8,13H2,1-6H3. The lowest BCUT2D eigenvalue weighted by molar-refractivity contribution is 0.224. The fraction of sp³-hybridized carbons (Fsp3) is 0.667. The van der Waals surface area contributed by atoms with Gasteiger partial charge in [-0.3, -0.25) is 0 Å². The molecule has 0 bridgehead atoms. The SMILES string of the molecule is CCNC(CC(C)C(C)(C)C)c1ccc(CC)cc1. The van der Waals surface area contributed by atoms with E-state index in [1.807, 2.05) is 0 Å². The Labute approximate surface area is 119 Å². The topological polar surface area (TPSA) is 12.0 Å². The minimum Gasteiger partial charge on any atom is -0.310 e. The van der Waals surface area contributed by atoms with E-state index in [9.17, 15) is 0 Å². The molecule has 1 aromatic carbocycles. The summed E-state index contributed by atoms with van der Waals surface area (Å²) in [6, 6.07) is 9.59. The van der Waals surface area contributed by atoms with Crippen molar-refractivity contribution in [1.29, 1.82) is 0 Å². The second-order valence-electron chi connectivity index (χ2n) is 6.71. The Balaban J connectivity index is 2.81. The van der Waals surface area contributed by atoms with E-state index in [0.29, 0.717) is 17.4 Å². The Hall–Kier alpha value is -0.820. The third-order valence-corrected chi connectivity index (χ3v) is 4.31. The van der Waals surface area contributed by atoms with Crippen molar-refractivity contribution in [2.45, 2.75) is 60.4 Å². The predicted octanol–water partition coefficient (Wildman–Crippen LogP) is 4.97. The first kappa shape index (κ1) is 16.2. The highest BCUT2D eigenvalue weighted by molar-refractivity contribution is 5.25. The van der Waals surface area contributed by atoms with Crippen LogP contribution in [0, 0.1) is 11.3 Å². The molecular formula is C18H31N. The number of aryl methyl sites for hydroxylation is 1. The molecule has 0 saturated carbocycles. The van der Waals surface area contributed by atoms with E-state index in [1.165, 1.54) is 17.5 Å². The molecule has 1 N–H and O–H groups in total. The van der Waals surface area contributed by atoms with Crippen LogP contribution in [-0.2, 0) is 6.42 Å². The zero-order valence-corrected chi connectivity index (χ0v) is 13.6. The van der Waals surface area contributed by atoms with Crippen LogP contribution in [0.1, 0.15) is 65.1 Å². The van der Waals surface area contributed by atoms with Crippen LogP contribution in [0.2, 0.25) is 0 Å². The van der Waals surface area contributed by atoms with Crippen molar-refractivity contribution in [1.82, 2.24) is 5.32 Å². The van der Waals surface area contributed by atoms with Crippen LogP contribution in [0.15, 0.2) is 24.3 Å². The lowest BCUT2D eigenvalue weighted by Gasteiger charge is -2.31. The van der Waals surface area contributed by atoms with Crippen LogP contribution < -0.4 is 5.32 Å². The second kappa shape index (κ2) is 7.09. The predicted molar refractivity (Wildman–Crippen MR) is 85.5 cm³/mol. The molecule has 1 aromatic rings. The fourth-order valence-electron chi connectivity index (χ4n) is 2.28. The van der Waals surface area contributed by atoms with Crippen molar-refractivity contribution in [3.63, 3.8) is 0 Å². The van der Waals surface area contributed by atoms with Gasteiger partial charge in [-0.2, -0.15) is 0 Å². The highest BCUT2D eigenvalue weighted by atomic mass is 14.9. The highest BCUT2D eigenvalue weighted by Crippen LogP contribution is 2.33. The van der Waals surface area contributed by atoms with Gasteiger partial charge in [-0.25, -0.2) is 0 Å². The molecule has 0 heterocycles. The Kier molecular flexibility index (Phi) is 6.06. The minimum absolute atomic E-state index is 0.372. The first-order valence-electron chi connectivity index (χ1n) is 7.70. The van der Waals surface area contributed by atoms with Gasteiger partial charge in [-0.05, 0) is 41.8 Å². The molecule has 1 rings (SSSR count). The minimum atomic E-state index is 0.372. The summed E-state index contributed by atoms with van der Waals surface area (Å²) in [6.45, 7) is 14.8. The molecule has 0 aliphatic carbocycles. The maximum absolute atomic E-state index is 3.64. The molecule has 2 atom stereocenters. The molecule has 19 heavy (non-hydrogen) atoms. The summed E-state index contributed by atoms with van der Waals surface area (Å²) in [5.41, 5.74) is 3.22. The molecule has 0 aromatic heterocycles. The van der Waals surface area contributed by atoms with Gasteiger partial charge in [0.2, 0.25) is 0 Å². The lowest BCUT2D eigenvalue weighted by atomic mass is 9.77. The van der Waals surface area contributed by atoms with Crippen molar-refractivity contribution in [3.8, 4) is 0 Å². The van der Waals surface area contributed by atoms with Gasteiger partial charge < -0.3 is 5.32 Å². The first-order chi connectivity index (χ1) is 8.88. The molecule has 0 spiro atoms. The number of hydrogen-bond donors (Lipinski definition) is 1. The molecule has 0 aliphatic rings. The van der Waals surface area contributed by atoms with E-state index < -0.39 is 0 Å². The van der Waals surface area contributed by atoms with Gasteiger partial charge in [0.05, 0.1) is 0 Å². The van der Waals surface area contributed by atoms with E-state index in [-0.39, 0.29) is 0 Å². The number of benzene rings is 1. The van der Waals surface area contributed by atoms with Crippen molar-refractivity contribution < 1.29 is 0 Å².